The lowest BCUT2D eigenvalue weighted by Crippen LogP contribution is -2.43. The largest absolute Gasteiger partial charge is 0.354 e. The van der Waals surface area contributed by atoms with Crippen LogP contribution >= 0.6 is 0 Å². The van der Waals surface area contributed by atoms with Gasteiger partial charge in [0.15, 0.2) is 0 Å². The van der Waals surface area contributed by atoms with Crippen LogP contribution in [0, 0.1) is 0 Å². The minimum atomic E-state index is 0.116. The quantitative estimate of drug-likeness (QED) is 0.848. The molecule has 3 rings (SSSR count). The van der Waals surface area contributed by atoms with E-state index in [2.05, 4.69) is 27.2 Å². The van der Waals surface area contributed by atoms with E-state index in [1.54, 1.807) is 0 Å². The molecule has 1 aliphatic heterocycles. The van der Waals surface area contributed by atoms with Gasteiger partial charge < -0.3 is 14.8 Å². The van der Waals surface area contributed by atoms with Gasteiger partial charge in [-0.25, -0.2) is 4.79 Å². The van der Waals surface area contributed by atoms with Crippen LogP contribution in [0.1, 0.15) is 38.5 Å². The third-order valence-electron chi connectivity index (χ3n) is 5.19. The fraction of sp³-hybridized carbons (Fsp3) is 0.722. The summed E-state index contributed by atoms with van der Waals surface area (Å²) in [5, 5.41) is 3.08. The maximum absolute atomic E-state index is 12.3. The zero-order valence-corrected chi connectivity index (χ0v) is 14.1. The summed E-state index contributed by atoms with van der Waals surface area (Å²) in [6.07, 6.45) is 11.7. The summed E-state index contributed by atoms with van der Waals surface area (Å²) in [6, 6.07) is 4.96. The van der Waals surface area contributed by atoms with Crippen LogP contribution in [0.2, 0.25) is 0 Å². The molecule has 5 heteroatoms. The van der Waals surface area contributed by atoms with Crippen LogP contribution in [-0.4, -0.2) is 59.2 Å². The highest BCUT2D eigenvalue weighted by Gasteiger charge is 2.25. The van der Waals surface area contributed by atoms with Gasteiger partial charge in [-0.2, -0.15) is 0 Å². The molecule has 2 aliphatic rings. The lowest BCUT2D eigenvalue weighted by molar-refractivity contribution is 0.187. The van der Waals surface area contributed by atoms with Crippen LogP contribution in [0.3, 0.4) is 0 Å². The molecule has 5 nitrogen and oxygen atoms in total. The molecule has 1 aromatic heterocycles. The molecule has 0 aromatic carbocycles. The van der Waals surface area contributed by atoms with Gasteiger partial charge in [0.25, 0.3) is 0 Å². The number of nitrogens with one attached hydrogen (secondary N) is 1. The van der Waals surface area contributed by atoms with E-state index < -0.39 is 0 Å². The third kappa shape index (κ3) is 4.74. The summed E-state index contributed by atoms with van der Waals surface area (Å²) in [6.45, 7) is 5.68. The van der Waals surface area contributed by atoms with Crippen molar-refractivity contribution in [3.63, 3.8) is 0 Å². The first kappa shape index (κ1) is 16.4. The maximum Gasteiger partial charge on any atom is 0.317 e. The van der Waals surface area contributed by atoms with Crippen LogP contribution in [0.4, 0.5) is 4.79 Å². The minimum Gasteiger partial charge on any atom is -0.354 e. The van der Waals surface area contributed by atoms with E-state index in [-0.39, 0.29) is 6.03 Å². The molecule has 1 aromatic rings. The van der Waals surface area contributed by atoms with Crippen LogP contribution in [0.5, 0.6) is 0 Å². The molecular weight excluding hydrogens is 288 g/mol. The number of nitrogens with zero attached hydrogens (tertiary/aromatic N) is 3. The van der Waals surface area contributed by atoms with E-state index in [0.717, 1.165) is 58.2 Å². The zero-order chi connectivity index (χ0) is 15.9. The van der Waals surface area contributed by atoms with Crippen LogP contribution in [0.25, 0.3) is 0 Å². The first-order chi connectivity index (χ1) is 11.3. The van der Waals surface area contributed by atoms with Gasteiger partial charge >= 0.3 is 6.03 Å². The number of rotatable bonds is 5. The number of hydrogen-bond acceptors (Lipinski definition) is 2. The second-order valence-corrected chi connectivity index (χ2v) is 6.82. The summed E-state index contributed by atoms with van der Waals surface area (Å²) >= 11 is 0. The number of urea groups is 1. The molecule has 0 radical (unpaired) electrons. The third-order valence-corrected chi connectivity index (χ3v) is 5.19. The van der Waals surface area contributed by atoms with Crippen molar-refractivity contribution in [3.8, 4) is 0 Å². The Morgan fingerprint density at radius 1 is 1.00 bits per heavy atom. The zero-order valence-electron chi connectivity index (χ0n) is 14.1. The first-order valence-corrected chi connectivity index (χ1v) is 9.20. The van der Waals surface area contributed by atoms with Crippen LogP contribution in [-0.2, 0) is 6.54 Å². The Morgan fingerprint density at radius 3 is 2.57 bits per heavy atom. The summed E-state index contributed by atoms with van der Waals surface area (Å²) < 4.78 is 2.15. The highest BCUT2D eigenvalue weighted by atomic mass is 16.2. The van der Waals surface area contributed by atoms with Crippen molar-refractivity contribution in [3.05, 3.63) is 24.5 Å². The Labute approximate surface area is 139 Å². The molecule has 1 saturated heterocycles. The van der Waals surface area contributed by atoms with Gasteiger partial charge in [0, 0.05) is 57.7 Å². The Morgan fingerprint density at radius 2 is 1.78 bits per heavy atom. The van der Waals surface area contributed by atoms with Gasteiger partial charge in [0.2, 0.25) is 0 Å². The smallest absolute Gasteiger partial charge is 0.317 e. The van der Waals surface area contributed by atoms with Gasteiger partial charge in [0.05, 0.1) is 0 Å². The summed E-state index contributed by atoms with van der Waals surface area (Å²) in [4.78, 5) is 17.0. The lowest BCUT2D eigenvalue weighted by atomic mass is 10.2. The average Bonchev–Trinajstić information content (AvgIpc) is 3.22. The molecule has 1 saturated carbocycles. The van der Waals surface area contributed by atoms with Gasteiger partial charge in [-0.1, -0.05) is 12.8 Å². The number of hydrogen-bond donors (Lipinski definition) is 1. The van der Waals surface area contributed by atoms with E-state index in [0.29, 0.717) is 0 Å². The second-order valence-electron chi connectivity index (χ2n) is 6.82. The monoisotopic (exact) mass is 318 g/mol. The fourth-order valence-electron chi connectivity index (χ4n) is 3.86. The number of carbonyl (C=O) groups excluding carboxylic acids is 1. The normalized spacial score (nSPS) is 20.6. The average molecular weight is 318 g/mol. The molecular formula is C18H30N4O. The summed E-state index contributed by atoms with van der Waals surface area (Å²) in [7, 11) is 0. The number of carbonyl (C=O) groups is 1. The molecule has 2 heterocycles. The fourth-order valence-corrected chi connectivity index (χ4v) is 3.86. The van der Waals surface area contributed by atoms with Crippen molar-refractivity contribution in [1.29, 1.82) is 0 Å². The summed E-state index contributed by atoms with van der Waals surface area (Å²) in [5.41, 5.74) is 0. The van der Waals surface area contributed by atoms with Crippen molar-refractivity contribution in [1.82, 2.24) is 19.7 Å². The van der Waals surface area contributed by atoms with E-state index in [4.69, 9.17) is 0 Å². The van der Waals surface area contributed by atoms with Gasteiger partial charge in [0.1, 0.15) is 0 Å². The van der Waals surface area contributed by atoms with Crippen LogP contribution < -0.4 is 5.32 Å². The van der Waals surface area contributed by atoms with Crippen molar-refractivity contribution in [2.45, 2.75) is 51.1 Å². The van der Waals surface area contributed by atoms with E-state index in [9.17, 15) is 4.79 Å². The predicted molar refractivity (Wildman–Crippen MR) is 92.5 cm³/mol. The highest BCUT2D eigenvalue weighted by molar-refractivity contribution is 5.74. The molecule has 128 valence electrons. The van der Waals surface area contributed by atoms with Crippen molar-refractivity contribution in [2.24, 2.45) is 0 Å². The number of aryl methyl sites for hydroxylation is 1. The molecule has 0 spiro atoms. The number of amides is 2. The summed E-state index contributed by atoms with van der Waals surface area (Å²) in [5.74, 6) is 0. The Kier molecular flexibility index (Phi) is 5.97. The molecule has 23 heavy (non-hydrogen) atoms. The topological polar surface area (TPSA) is 40.5 Å². The van der Waals surface area contributed by atoms with Gasteiger partial charge in [-0.05, 0) is 37.8 Å². The Bertz CT molecular complexity index is 467. The van der Waals surface area contributed by atoms with Gasteiger partial charge in [-0.3, -0.25) is 4.90 Å². The van der Waals surface area contributed by atoms with E-state index in [1.807, 2.05) is 17.0 Å². The number of aromatic nitrogens is 1. The molecule has 1 N–H and O–H groups in total. The Hall–Kier alpha value is -1.49. The lowest BCUT2D eigenvalue weighted by Gasteiger charge is -2.27. The second kappa shape index (κ2) is 8.39. The maximum atomic E-state index is 12.3. The molecule has 2 amide bonds. The van der Waals surface area contributed by atoms with E-state index >= 15 is 0 Å². The Balaban J connectivity index is 1.35. The van der Waals surface area contributed by atoms with Crippen LogP contribution in [0.15, 0.2) is 24.5 Å². The van der Waals surface area contributed by atoms with Crippen molar-refractivity contribution < 1.29 is 4.79 Å². The highest BCUT2D eigenvalue weighted by Crippen LogP contribution is 2.24. The van der Waals surface area contributed by atoms with E-state index in [1.165, 1.54) is 25.7 Å². The predicted octanol–water partition coefficient (Wildman–Crippen LogP) is 2.54. The van der Waals surface area contributed by atoms with Crippen molar-refractivity contribution in [2.75, 3.05) is 32.7 Å². The minimum absolute atomic E-state index is 0.116. The SMILES string of the molecule is O=C(NCCCn1cccc1)N1CCCN(C2CCCC2)CC1. The molecule has 1 aliphatic carbocycles. The standard InChI is InChI=1S/C18H30N4O/c23-18(19-9-5-12-20-10-3-4-11-20)22-14-6-13-21(15-16-22)17-7-1-2-8-17/h3-4,10-11,17H,1-2,5-9,12-16H2,(H,19,23). The molecule has 0 unspecified atom stereocenters. The van der Waals surface area contributed by atoms with Crippen molar-refractivity contribution >= 4 is 6.03 Å². The molecule has 2 fully saturated rings. The van der Waals surface area contributed by atoms with Gasteiger partial charge in [-0.15, -0.1) is 0 Å². The molecule has 0 atom stereocenters. The first-order valence-electron chi connectivity index (χ1n) is 9.20. The molecule has 0 bridgehead atoms.